The maximum atomic E-state index is 12.4. The Morgan fingerprint density at radius 2 is 1.96 bits per heavy atom. The summed E-state index contributed by atoms with van der Waals surface area (Å²) >= 11 is 0. The summed E-state index contributed by atoms with van der Waals surface area (Å²) in [7, 11) is 0. The van der Waals surface area contributed by atoms with Crippen LogP contribution in [0.5, 0.6) is 0 Å². The lowest BCUT2D eigenvalue weighted by molar-refractivity contribution is -0.00334. The lowest BCUT2D eigenvalue weighted by Gasteiger charge is -2.41. The molecule has 0 spiro atoms. The van der Waals surface area contributed by atoms with Crippen LogP contribution in [0.15, 0.2) is 30.3 Å². The number of nitrogens with two attached hydrogens (primary N) is 1. The molecule has 5 heteroatoms. The normalized spacial score (nSPS) is 19.7. The Kier molecular flexibility index (Phi) is 6.02. The number of hydrogen-bond donors (Lipinski definition) is 1. The molecule has 23 heavy (non-hydrogen) atoms. The van der Waals surface area contributed by atoms with E-state index in [1.165, 1.54) is 5.56 Å². The molecule has 1 aromatic carbocycles. The zero-order valence-corrected chi connectivity index (χ0v) is 14.5. The van der Waals surface area contributed by atoms with Gasteiger partial charge < -0.3 is 15.4 Å². The van der Waals surface area contributed by atoms with Gasteiger partial charge in [-0.15, -0.1) is 0 Å². The van der Waals surface area contributed by atoms with Crippen molar-refractivity contribution in [3.63, 3.8) is 0 Å². The molecule has 1 aliphatic rings. The molecule has 1 aliphatic heterocycles. The number of hydrogen-bond acceptors (Lipinski definition) is 4. The van der Waals surface area contributed by atoms with Crippen LogP contribution < -0.4 is 5.73 Å². The van der Waals surface area contributed by atoms with Crippen molar-refractivity contribution in [3.8, 4) is 0 Å². The Hall–Kier alpha value is -1.59. The number of piperazine rings is 1. The first kappa shape index (κ1) is 17.8. The van der Waals surface area contributed by atoms with Gasteiger partial charge in [-0.1, -0.05) is 30.3 Å². The molecule has 0 bridgehead atoms. The van der Waals surface area contributed by atoms with Gasteiger partial charge in [-0.25, -0.2) is 4.79 Å². The highest BCUT2D eigenvalue weighted by Crippen LogP contribution is 2.19. The van der Waals surface area contributed by atoms with Gasteiger partial charge in [0.1, 0.15) is 5.60 Å². The number of nitrogens with zero attached hydrogens (tertiary/aromatic N) is 2. The molecular formula is C18H29N3O2. The standard InChI is InChI=1S/C18H29N3O2/c1-18(2,3)23-17(22)21-12-11-20(14-16(21)9-10-19)13-15-7-5-4-6-8-15/h4-8,16H,9-14,19H2,1-3H3/t16-/m0/s1. The van der Waals surface area contributed by atoms with E-state index in [0.717, 1.165) is 26.1 Å². The van der Waals surface area contributed by atoms with Gasteiger partial charge in [0.25, 0.3) is 0 Å². The topological polar surface area (TPSA) is 58.8 Å². The van der Waals surface area contributed by atoms with Gasteiger partial charge in [0.15, 0.2) is 0 Å². The summed E-state index contributed by atoms with van der Waals surface area (Å²) in [6, 6.07) is 10.5. The van der Waals surface area contributed by atoms with Gasteiger partial charge >= 0.3 is 6.09 Å². The first-order valence-electron chi connectivity index (χ1n) is 8.35. The molecule has 128 valence electrons. The summed E-state index contributed by atoms with van der Waals surface area (Å²) in [6.45, 7) is 9.55. The van der Waals surface area contributed by atoms with Crippen LogP contribution in [0.25, 0.3) is 0 Å². The minimum Gasteiger partial charge on any atom is -0.444 e. The van der Waals surface area contributed by atoms with Crippen molar-refractivity contribution in [2.75, 3.05) is 26.2 Å². The molecule has 0 aromatic heterocycles. The summed E-state index contributed by atoms with van der Waals surface area (Å²) in [5, 5.41) is 0. The maximum absolute atomic E-state index is 12.4. The number of ether oxygens (including phenoxy) is 1. The molecule has 1 amide bonds. The van der Waals surface area contributed by atoms with Crippen molar-refractivity contribution >= 4 is 6.09 Å². The highest BCUT2D eigenvalue weighted by Gasteiger charge is 2.32. The average molecular weight is 319 g/mol. The van der Waals surface area contributed by atoms with Crippen LogP contribution in [0.3, 0.4) is 0 Å². The monoisotopic (exact) mass is 319 g/mol. The highest BCUT2D eigenvalue weighted by atomic mass is 16.6. The number of benzene rings is 1. The summed E-state index contributed by atoms with van der Waals surface area (Å²) < 4.78 is 5.53. The number of amides is 1. The van der Waals surface area contributed by atoms with Gasteiger partial charge in [-0.2, -0.15) is 0 Å². The smallest absolute Gasteiger partial charge is 0.410 e. The van der Waals surface area contributed by atoms with E-state index < -0.39 is 5.60 Å². The third-order valence-electron chi connectivity index (χ3n) is 3.94. The molecule has 1 heterocycles. The molecule has 1 aromatic rings. The van der Waals surface area contributed by atoms with E-state index in [9.17, 15) is 4.79 Å². The van der Waals surface area contributed by atoms with Crippen LogP contribution in [-0.2, 0) is 11.3 Å². The second kappa shape index (κ2) is 7.79. The molecule has 0 unspecified atom stereocenters. The van der Waals surface area contributed by atoms with Crippen LogP contribution >= 0.6 is 0 Å². The number of rotatable bonds is 4. The summed E-state index contributed by atoms with van der Waals surface area (Å²) in [5.74, 6) is 0. The van der Waals surface area contributed by atoms with E-state index >= 15 is 0 Å². The van der Waals surface area contributed by atoms with Crippen molar-refractivity contribution in [2.24, 2.45) is 5.73 Å². The predicted octanol–water partition coefficient (Wildman–Crippen LogP) is 2.46. The fourth-order valence-corrected chi connectivity index (χ4v) is 2.91. The lowest BCUT2D eigenvalue weighted by atomic mass is 10.1. The highest BCUT2D eigenvalue weighted by molar-refractivity contribution is 5.68. The molecule has 1 saturated heterocycles. The first-order valence-corrected chi connectivity index (χ1v) is 8.35. The minimum absolute atomic E-state index is 0.118. The van der Waals surface area contributed by atoms with Crippen LogP contribution in [0.2, 0.25) is 0 Å². The summed E-state index contributed by atoms with van der Waals surface area (Å²) in [5.41, 5.74) is 6.58. The predicted molar refractivity (Wildman–Crippen MR) is 92.1 cm³/mol. The second-order valence-corrected chi connectivity index (χ2v) is 7.13. The maximum Gasteiger partial charge on any atom is 0.410 e. The zero-order valence-electron chi connectivity index (χ0n) is 14.5. The molecular weight excluding hydrogens is 290 g/mol. The van der Waals surface area contributed by atoms with E-state index in [2.05, 4.69) is 29.2 Å². The SMILES string of the molecule is CC(C)(C)OC(=O)N1CCN(Cc2ccccc2)C[C@@H]1CCN. The molecule has 1 fully saturated rings. The van der Waals surface area contributed by atoms with Gasteiger partial charge in [-0.3, -0.25) is 4.90 Å². The van der Waals surface area contributed by atoms with Crippen LogP contribution in [-0.4, -0.2) is 53.7 Å². The van der Waals surface area contributed by atoms with Crippen molar-refractivity contribution in [1.29, 1.82) is 0 Å². The fraction of sp³-hybridized carbons (Fsp3) is 0.611. The summed E-state index contributed by atoms with van der Waals surface area (Å²) in [4.78, 5) is 16.6. The third-order valence-corrected chi connectivity index (χ3v) is 3.94. The van der Waals surface area contributed by atoms with Gasteiger partial charge in [0.2, 0.25) is 0 Å². The van der Waals surface area contributed by atoms with Crippen molar-refractivity contribution in [3.05, 3.63) is 35.9 Å². The second-order valence-electron chi connectivity index (χ2n) is 7.13. The summed E-state index contributed by atoms with van der Waals surface area (Å²) in [6.07, 6.45) is 0.570. The minimum atomic E-state index is -0.467. The van der Waals surface area contributed by atoms with E-state index in [1.54, 1.807) is 0 Å². The zero-order chi connectivity index (χ0) is 16.9. The Bertz CT molecular complexity index is 499. The van der Waals surface area contributed by atoms with E-state index in [0.29, 0.717) is 13.1 Å². The molecule has 2 rings (SSSR count). The van der Waals surface area contributed by atoms with Crippen LogP contribution in [0.4, 0.5) is 4.79 Å². The molecule has 5 nitrogen and oxygen atoms in total. The molecule has 1 atom stereocenters. The third kappa shape index (κ3) is 5.52. The lowest BCUT2D eigenvalue weighted by Crippen LogP contribution is -2.56. The average Bonchev–Trinajstić information content (AvgIpc) is 2.47. The number of carbonyl (C=O) groups is 1. The van der Waals surface area contributed by atoms with Crippen molar-refractivity contribution < 1.29 is 9.53 Å². The molecule has 0 radical (unpaired) electrons. The fourth-order valence-electron chi connectivity index (χ4n) is 2.91. The Morgan fingerprint density at radius 3 is 2.57 bits per heavy atom. The van der Waals surface area contributed by atoms with Crippen molar-refractivity contribution in [2.45, 2.75) is 45.4 Å². The van der Waals surface area contributed by atoms with Crippen LogP contribution in [0, 0.1) is 0 Å². The Labute approximate surface area is 139 Å². The van der Waals surface area contributed by atoms with Crippen molar-refractivity contribution in [1.82, 2.24) is 9.80 Å². The van der Waals surface area contributed by atoms with Gasteiger partial charge in [0.05, 0.1) is 0 Å². The van der Waals surface area contributed by atoms with E-state index in [4.69, 9.17) is 10.5 Å². The Balaban J connectivity index is 1.98. The molecule has 2 N–H and O–H groups in total. The van der Waals surface area contributed by atoms with Crippen LogP contribution in [0.1, 0.15) is 32.8 Å². The van der Waals surface area contributed by atoms with E-state index in [-0.39, 0.29) is 12.1 Å². The van der Waals surface area contributed by atoms with Gasteiger partial charge in [0, 0.05) is 32.2 Å². The quantitative estimate of drug-likeness (QED) is 0.926. The van der Waals surface area contributed by atoms with Gasteiger partial charge in [-0.05, 0) is 39.3 Å². The number of carbonyl (C=O) groups excluding carboxylic acids is 1. The molecule has 0 aliphatic carbocycles. The first-order chi connectivity index (χ1) is 10.9. The Morgan fingerprint density at radius 1 is 1.26 bits per heavy atom. The molecule has 0 saturated carbocycles. The largest absolute Gasteiger partial charge is 0.444 e. The van der Waals surface area contributed by atoms with E-state index in [1.807, 2.05) is 31.7 Å².